The Bertz CT molecular complexity index is 3920. The van der Waals surface area contributed by atoms with Gasteiger partial charge in [-0.05, 0) is 192 Å². The van der Waals surface area contributed by atoms with E-state index in [0.717, 1.165) is 81.1 Å². The molecule has 80 heavy (non-hydrogen) atoms. The van der Waals surface area contributed by atoms with Crippen LogP contribution in [-0.2, 0) is 11.8 Å². The number of rotatable bonds is 14. The number of nitrogens with zero attached hydrogens (tertiary/aromatic N) is 2. The second kappa shape index (κ2) is 21.3. The molecule has 0 aliphatic heterocycles. The zero-order valence-corrected chi connectivity index (χ0v) is 46.9. The Morgan fingerprint density at radius 2 is 1.39 bits per heavy atom. The van der Waals surface area contributed by atoms with Crippen molar-refractivity contribution < 1.29 is 4.74 Å². The zero-order chi connectivity index (χ0) is 54.4. The quantitative estimate of drug-likeness (QED) is 0.108. The lowest BCUT2D eigenvalue weighted by Crippen LogP contribution is -2.33. The summed E-state index contributed by atoms with van der Waals surface area (Å²) in [4.78, 5) is 2.53. The minimum Gasteiger partial charge on any atom is -0.494 e. The lowest BCUT2D eigenvalue weighted by molar-refractivity contribution is 0.287. The molecule has 0 N–H and O–H groups in total. The van der Waals surface area contributed by atoms with E-state index in [9.17, 15) is 0 Å². The smallest absolute Gasteiger partial charge is 0.119 e. The van der Waals surface area contributed by atoms with Crippen molar-refractivity contribution in [1.29, 1.82) is 0 Å². The summed E-state index contributed by atoms with van der Waals surface area (Å²) in [5.41, 5.74) is 25.2. The summed E-state index contributed by atoms with van der Waals surface area (Å²) in [5.74, 6) is 1.28. The highest BCUT2D eigenvalue weighted by Gasteiger charge is 2.46. The van der Waals surface area contributed by atoms with Crippen LogP contribution >= 0.6 is 0 Å². The van der Waals surface area contributed by atoms with E-state index in [0.29, 0.717) is 12.5 Å². The van der Waals surface area contributed by atoms with Crippen LogP contribution in [-0.4, -0.2) is 11.2 Å². The average molecular weight is 1040 g/mol. The molecule has 0 spiro atoms. The fraction of sp³-hybridized carbons (Fsp3) is 0.221. The van der Waals surface area contributed by atoms with E-state index in [4.69, 9.17) is 4.74 Å². The number of allylic oxidation sites excluding steroid dienone is 13. The van der Waals surface area contributed by atoms with E-state index in [-0.39, 0.29) is 10.8 Å². The summed E-state index contributed by atoms with van der Waals surface area (Å²) in [6.07, 6.45) is 36.2. The Labute approximate surface area is 474 Å². The first kappa shape index (κ1) is 51.1. The molecule has 2 atom stereocenters. The summed E-state index contributed by atoms with van der Waals surface area (Å²) >= 11 is 0. The molecule has 6 aliphatic carbocycles. The third kappa shape index (κ3) is 9.41. The minimum atomic E-state index is -0.377. The van der Waals surface area contributed by atoms with Gasteiger partial charge in [-0.25, -0.2) is 0 Å². The number of aromatic nitrogens is 1. The maximum absolute atomic E-state index is 6.62. The van der Waals surface area contributed by atoms with Gasteiger partial charge in [-0.1, -0.05) is 203 Å². The van der Waals surface area contributed by atoms with E-state index in [1.807, 2.05) is 12.2 Å². The third-order valence-electron chi connectivity index (χ3n) is 18.1. The number of benzene rings is 6. The zero-order valence-electron chi connectivity index (χ0n) is 46.9. The lowest BCUT2D eigenvalue weighted by atomic mass is 9.68. The second-order valence-corrected chi connectivity index (χ2v) is 23.7. The van der Waals surface area contributed by atoms with Crippen LogP contribution in [0.4, 0.5) is 11.4 Å². The van der Waals surface area contributed by atoms with Crippen molar-refractivity contribution >= 4 is 47.3 Å². The SMILES string of the molecule is C=Cc1ccc(OCCC2(c3ccccc3)C3=C(CCC=C3)c3ccc(N(C4=CC=C(C5=Cc6c(n(-c7ccc(-c8ccc(C=C)cc8)cc7)c7c6=CC(C6=CC=C(C(C)(C)C)CC6)CC=7)CC5)CC4)c4ccccc4)cc32)cc1. The standard InChI is InChI=1S/C77H72N2O/c1-6-53-22-26-55(27-23-53)56-30-40-65(41-31-56)79-74-46-34-59(57-28-36-61(37-29-57)76(3,4)5)50-70(74)71-51-60(35-47-75(71)79)58-32-38-64(39-33-58)78(63-18-12-9-13-19-63)66-42-45-69-68-20-14-15-21-72(68)77(73(69)52-66,62-16-10-8-11-17-62)48-49-80-67-43-24-54(7-2)25-44-67/h6-13,15-19,21-28,30-32,36,38,40-46,50-52,59H,1-2,14,20,29,33-35,37,39,47-49H2,3-5H3. The molecule has 6 aromatic carbocycles. The van der Waals surface area contributed by atoms with E-state index in [1.165, 1.54) is 94.7 Å². The van der Waals surface area contributed by atoms with Crippen LogP contribution < -0.4 is 20.2 Å². The van der Waals surface area contributed by atoms with Gasteiger partial charge in [0.05, 0.1) is 6.61 Å². The van der Waals surface area contributed by atoms with E-state index in [1.54, 1.807) is 11.1 Å². The third-order valence-corrected chi connectivity index (χ3v) is 18.1. The molecule has 1 heterocycles. The van der Waals surface area contributed by atoms with Gasteiger partial charge in [-0.3, -0.25) is 0 Å². The second-order valence-electron chi connectivity index (χ2n) is 23.7. The van der Waals surface area contributed by atoms with Gasteiger partial charge in [0.15, 0.2) is 0 Å². The fourth-order valence-electron chi connectivity index (χ4n) is 13.9. The summed E-state index contributed by atoms with van der Waals surface area (Å²) in [6.45, 7) is 15.5. The number of fused-ring (bicyclic) bond motifs is 5. The van der Waals surface area contributed by atoms with Gasteiger partial charge in [0.1, 0.15) is 5.75 Å². The molecule has 3 nitrogen and oxygen atoms in total. The van der Waals surface area contributed by atoms with Crippen molar-refractivity contribution in [1.82, 2.24) is 4.57 Å². The van der Waals surface area contributed by atoms with Crippen molar-refractivity contribution in [2.45, 2.75) is 90.4 Å². The molecule has 0 saturated carbocycles. The molecule has 6 aliphatic rings. The fourth-order valence-corrected chi connectivity index (χ4v) is 13.9. The summed E-state index contributed by atoms with van der Waals surface area (Å²) in [7, 11) is 0. The molecule has 0 fully saturated rings. The number of ether oxygens (including phenoxy) is 1. The lowest BCUT2D eigenvalue weighted by Gasteiger charge is -2.36. The Hall–Kier alpha value is -8.40. The minimum absolute atomic E-state index is 0.200. The summed E-state index contributed by atoms with van der Waals surface area (Å²) in [5, 5.41) is 2.74. The molecule has 7 aromatic rings. The van der Waals surface area contributed by atoms with Crippen molar-refractivity contribution in [3.05, 3.63) is 284 Å². The highest BCUT2D eigenvalue weighted by atomic mass is 16.5. The maximum atomic E-state index is 6.62. The van der Waals surface area contributed by atoms with Crippen molar-refractivity contribution in [3.63, 3.8) is 0 Å². The van der Waals surface area contributed by atoms with Crippen LogP contribution in [0.5, 0.6) is 5.75 Å². The van der Waals surface area contributed by atoms with E-state index < -0.39 is 0 Å². The van der Waals surface area contributed by atoms with Gasteiger partial charge in [0.25, 0.3) is 0 Å². The Morgan fingerprint density at radius 1 is 0.675 bits per heavy atom. The van der Waals surface area contributed by atoms with Gasteiger partial charge in [0, 0.05) is 55.9 Å². The Balaban J connectivity index is 0.870. The molecule has 1 aromatic heterocycles. The first-order valence-corrected chi connectivity index (χ1v) is 29.3. The van der Waals surface area contributed by atoms with Gasteiger partial charge < -0.3 is 14.2 Å². The molecule has 2 unspecified atom stereocenters. The first-order chi connectivity index (χ1) is 39.2. The highest BCUT2D eigenvalue weighted by Crippen LogP contribution is 2.57. The predicted molar refractivity (Wildman–Crippen MR) is 338 cm³/mol. The summed E-state index contributed by atoms with van der Waals surface area (Å²) < 4.78 is 9.21. The van der Waals surface area contributed by atoms with Crippen LogP contribution in [0.2, 0.25) is 0 Å². The molecular formula is C77H72N2O. The van der Waals surface area contributed by atoms with E-state index in [2.05, 4.69) is 250 Å². The van der Waals surface area contributed by atoms with Crippen LogP contribution in [0.3, 0.4) is 0 Å². The normalized spacial score (nSPS) is 19.1. The summed E-state index contributed by atoms with van der Waals surface area (Å²) in [6, 6.07) is 55.8. The molecule has 0 radical (unpaired) electrons. The first-order valence-electron chi connectivity index (χ1n) is 29.3. The Morgan fingerprint density at radius 3 is 2.08 bits per heavy atom. The van der Waals surface area contributed by atoms with Crippen molar-refractivity contribution in [2.24, 2.45) is 11.3 Å². The molecule has 0 bridgehead atoms. The van der Waals surface area contributed by atoms with Crippen LogP contribution in [0.15, 0.2) is 235 Å². The molecule has 13 rings (SSSR count). The molecule has 0 amide bonds. The molecular weight excluding hydrogens is 969 g/mol. The number of anilines is 2. The molecule has 0 saturated heterocycles. The van der Waals surface area contributed by atoms with E-state index >= 15 is 0 Å². The van der Waals surface area contributed by atoms with Gasteiger partial charge >= 0.3 is 0 Å². The van der Waals surface area contributed by atoms with Gasteiger partial charge in [0.2, 0.25) is 0 Å². The predicted octanol–water partition coefficient (Wildman–Crippen LogP) is 18.3. The van der Waals surface area contributed by atoms with Crippen LogP contribution in [0.1, 0.15) is 118 Å². The number of hydrogen-bond acceptors (Lipinski definition) is 2. The number of para-hydroxylation sites is 1. The highest BCUT2D eigenvalue weighted by molar-refractivity contribution is 5.88. The monoisotopic (exact) mass is 1040 g/mol. The van der Waals surface area contributed by atoms with Gasteiger partial charge in [-0.15, -0.1) is 0 Å². The molecule has 3 heteroatoms. The largest absolute Gasteiger partial charge is 0.494 e. The topological polar surface area (TPSA) is 17.4 Å². The van der Waals surface area contributed by atoms with Gasteiger partial charge in [-0.2, -0.15) is 0 Å². The Kier molecular flexibility index (Phi) is 13.6. The molecule has 396 valence electrons. The number of hydrogen-bond donors (Lipinski definition) is 0. The van der Waals surface area contributed by atoms with Crippen molar-refractivity contribution in [3.8, 4) is 22.6 Å². The average Bonchev–Trinajstić information content (AvgIpc) is 3.60. The van der Waals surface area contributed by atoms with Crippen LogP contribution in [0.25, 0.3) is 52.8 Å². The maximum Gasteiger partial charge on any atom is 0.119 e. The van der Waals surface area contributed by atoms with Crippen molar-refractivity contribution in [2.75, 3.05) is 11.5 Å². The van der Waals surface area contributed by atoms with Crippen LogP contribution in [0, 0.1) is 11.3 Å².